The van der Waals surface area contributed by atoms with Gasteiger partial charge in [0.15, 0.2) is 17.5 Å². The summed E-state index contributed by atoms with van der Waals surface area (Å²) in [6, 6.07) is 8.12. The van der Waals surface area contributed by atoms with Crippen molar-refractivity contribution in [1.29, 1.82) is 0 Å². The summed E-state index contributed by atoms with van der Waals surface area (Å²) >= 11 is 1.79. The number of hydrogen-bond acceptors (Lipinski definition) is 5. The van der Waals surface area contributed by atoms with Crippen molar-refractivity contribution in [3.63, 3.8) is 0 Å². The molecule has 0 saturated carbocycles. The molecule has 0 radical (unpaired) electrons. The Kier molecular flexibility index (Phi) is 8.20. The molecule has 30 heavy (non-hydrogen) atoms. The van der Waals surface area contributed by atoms with Crippen molar-refractivity contribution in [3.8, 4) is 11.5 Å². The molecule has 0 bridgehead atoms. The SMILES string of the molecule is CN=C(NCCC(=O)N1CCc2sccc2C1)NCCc1ccc2c(c1)OCO2.I. The molecule has 0 unspecified atom stereocenters. The quantitative estimate of drug-likeness (QED) is 0.334. The highest BCUT2D eigenvalue weighted by Crippen LogP contribution is 2.32. The monoisotopic (exact) mass is 542 g/mol. The zero-order chi connectivity index (χ0) is 20.1. The zero-order valence-electron chi connectivity index (χ0n) is 17.0. The summed E-state index contributed by atoms with van der Waals surface area (Å²) in [5, 5.41) is 8.63. The number of thiophene rings is 1. The maximum Gasteiger partial charge on any atom is 0.231 e. The Bertz CT molecular complexity index is 902. The number of carbonyl (C=O) groups is 1. The molecule has 2 aromatic rings. The number of carbonyl (C=O) groups excluding carboxylic acids is 1. The molecule has 1 aromatic heterocycles. The Morgan fingerprint density at radius 2 is 2.03 bits per heavy atom. The van der Waals surface area contributed by atoms with Gasteiger partial charge in [0.2, 0.25) is 12.7 Å². The number of guanidine groups is 1. The van der Waals surface area contributed by atoms with Crippen LogP contribution in [0, 0.1) is 0 Å². The highest BCUT2D eigenvalue weighted by Gasteiger charge is 2.21. The highest BCUT2D eigenvalue weighted by atomic mass is 127. The molecule has 0 spiro atoms. The number of amides is 1. The Balaban J connectivity index is 0.00000256. The minimum Gasteiger partial charge on any atom is -0.454 e. The number of nitrogens with zero attached hydrogens (tertiary/aromatic N) is 2. The van der Waals surface area contributed by atoms with E-state index in [0.29, 0.717) is 18.9 Å². The van der Waals surface area contributed by atoms with Gasteiger partial charge in [-0.3, -0.25) is 9.79 Å². The standard InChI is InChI=1S/C21H26N4O3S.HI/c1-22-21(23-8-4-15-2-3-17-18(12-15)28-14-27-17)24-9-5-20(26)25-10-6-19-16(13-25)7-11-29-19;/h2-3,7,11-12H,4-6,8-10,13-14H2,1H3,(H2,22,23,24);1H. The van der Waals surface area contributed by atoms with E-state index in [-0.39, 0.29) is 36.7 Å². The molecule has 0 atom stereocenters. The smallest absolute Gasteiger partial charge is 0.231 e. The van der Waals surface area contributed by atoms with Crippen LogP contribution < -0.4 is 20.1 Å². The minimum absolute atomic E-state index is 0. The van der Waals surface area contributed by atoms with E-state index in [0.717, 1.165) is 44.0 Å². The van der Waals surface area contributed by atoms with Gasteiger partial charge in [-0.1, -0.05) is 6.07 Å². The van der Waals surface area contributed by atoms with E-state index in [9.17, 15) is 4.79 Å². The summed E-state index contributed by atoms with van der Waals surface area (Å²) in [4.78, 5) is 20.1. The molecular weight excluding hydrogens is 515 g/mol. The molecule has 4 rings (SSSR count). The Morgan fingerprint density at radius 1 is 1.20 bits per heavy atom. The predicted molar refractivity (Wildman–Crippen MR) is 129 cm³/mol. The molecule has 0 saturated heterocycles. The van der Waals surface area contributed by atoms with Crippen molar-refractivity contribution in [2.45, 2.75) is 25.8 Å². The van der Waals surface area contributed by atoms with Crippen LogP contribution in [0.1, 0.15) is 22.4 Å². The largest absolute Gasteiger partial charge is 0.454 e. The highest BCUT2D eigenvalue weighted by molar-refractivity contribution is 14.0. The number of hydrogen-bond donors (Lipinski definition) is 2. The number of ether oxygens (including phenoxy) is 2. The lowest BCUT2D eigenvalue weighted by Gasteiger charge is -2.27. The molecular formula is C21H27IN4O3S. The van der Waals surface area contributed by atoms with Crippen LogP contribution in [-0.2, 0) is 24.2 Å². The van der Waals surface area contributed by atoms with Crippen molar-refractivity contribution < 1.29 is 14.3 Å². The normalized spacial score (nSPS) is 14.7. The van der Waals surface area contributed by atoms with Crippen LogP contribution in [0.3, 0.4) is 0 Å². The molecule has 0 fully saturated rings. The van der Waals surface area contributed by atoms with Crippen molar-refractivity contribution in [3.05, 3.63) is 45.6 Å². The molecule has 9 heteroatoms. The lowest BCUT2D eigenvalue weighted by molar-refractivity contribution is -0.131. The van der Waals surface area contributed by atoms with Crippen LogP contribution in [0.15, 0.2) is 34.6 Å². The number of fused-ring (bicyclic) bond motifs is 2. The molecule has 7 nitrogen and oxygen atoms in total. The average Bonchev–Trinajstić information content (AvgIpc) is 3.40. The zero-order valence-corrected chi connectivity index (χ0v) is 20.1. The number of halogens is 1. The van der Waals surface area contributed by atoms with Gasteiger partial charge in [-0.15, -0.1) is 35.3 Å². The van der Waals surface area contributed by atoms with Gasteiger partial charge in [-0.2, -0.15) is 0 Å². The fraction of sp³-hybridized carbons (Fsp3) is 0.429. The first-order valence-corrected chi connectivity index (χ1v) is 10.8. The third-order valence-corrected chi connectivity index (χ3v) is 6.18. The number of aliphatic imine (C=N–C) groups is 1. The van der Waals surface area contributed by atoms with Gasteiger partial charge in [0, 0.05) is 44.5 Å². The molecule has 2 N–H and O–H groups in total. The second-order valence-corrected chi connectivity index (χ2v) is 8.05. The second kappa shape index (κ2) is 10.9. The first-order chi connectivity index (χ1) is 14.2. The predicted octanol–water partition coefficient (Wildman–Crippen LogP) is 2.78. The summed E-state index contributed by atoms with van der Waals surface area (Å²) in [5.41, 5.74) is 2.47. The first-order valence-electron chi connectivity index (χ1n) is 9.89. The third kappa shape index (κ3) is 5.57. The first kappa shape index (κ1) is 22.7. The van der Waals surface area contributed by atoms with Crippen LogP contribution in [0.5, 0.6) is 11.5 Å². The van der Waals surface area contributed by atoms with E-state index in [1.54, 1.807) is 18.4 Å². The van der Waals surface area contributed by atoms with Crippen LogP contribution in [0.25, 0.3) is 0 Å². The van der Waals surface area contributed by atoms with Gasteiger partial charge in [0.05, 0.1) is 0 Å². The van der Waals surface area contributed by atoms with E-state index in [4.69, 9.17) is 9.47 Å². The summed E-state index contributed by atoms with van der Waals surface area (Å²) in [5.74, 6) is 2.49. The molecule has 1 amide bonds. The number of nitrogens with one attached hydrogen (secondary N) is 2. The van der Waals surface area contributed by atoms with Crippen molar-refractivity contribution in [1.82, 2.24) is 15.5 Å². The van der Waals surface area contributed by atoms with Crippen LogP contribution >= 0.6 is 35.3 Å². The Labute approximate surface area is 197 Å². The van der Waals surface area contributed by atoms with Gasteiger partial charge in [0.1, 0.15) is 0 Å². The Morgan fingerprint density at radius 3 is 2.90 bits per heavy atom. The van der Waals surface area contributed by atoms with Crippen molar-refractivity contribution in [2.24, 2.45) is 4.99 Å². The average molecular weight is 542 g/mol. The fourth-order valence-electron chi connectivity index (χ4n) is 3.55. The topological polar surface area (TPSA) is 75.2 Å². The van der Waals surface area contributed by atoms with E-state index in [2.05, 4.69) is 27.1 Å². The summed E-state index contributed by atoms with van der Waals surface area (Å²) in [7, 11) is 1.74. The van der Waals surface area contributed by atoms with Gasteiger partial charge in [0.25, 0.3) is 0 Å². The summed E-state index contributed by atoms with van der Waals surface area (Å²) < 4.78 is 10.8. The lowest BCUT2D eigenvalue weighted by atomic mass is 10.1. The van der Waals surface area contributed by atoms with Crippen molar-refractivity contribution >= 4 is 47.2 Å². The number of rotatable bonds is 6. The Hall–Kier alpha value is -2.01. The second-order valence-electron chi connectivity index (χ2n) is 7.05. The van der Waals surface area contributed by atoms with Crippen LogP contribution in [-0.4, -0.2) is 50.2 Å². The summed E-state index contributed by atoms with van der Waals surface area (Å²) in [6.07, 6.45) is 2.27. The van der Waals surface area contributed by atoms with Crippen LogP contribution in [0.2, 0.25) is 0 Å². The van der Waals surface area contributed by atoms with Gasteiger partial charge < -0.3 is 25.0 Å². The van der Waals surface area contributed by atoms with Gasteiger partial charge in [-0.05, 0) is 47.5 Å². The number of benzene rings is 1. The molecule has 2 aliphatic heterocycles. The van der Waals surface area contributed by atoms with Crippen LogP contribution in [0.4, 0.5) is 0 Å². The molecule has 162 valence electrons. The maximum atomic E-state index is 12.5. The third-order valence-electron chi connectivity index (χ3n) is 5.16. The van der Waals surface area contributed by atoms with Gasteiger partial charge in [-0.25, -0.2) is 0 Å². The van der Waals surface area contributed by atoms with E-state index < -0.39 is 0 Å². The van der Waals surface area contributed by atoms with Crippen molar-refractivity contribution in [2.75, 3.05) is 33.5 Å². The van der Waals surface area contributed by atoms with Gasteiger partial charge >= 0.3 is 0 Å². The van der Waals surface area contributed by atoms with E-state index in [1.807, 2.05) is 23.1 Å². The van der Waals surface area contributed by atoms with E-state index in [1.165, 1.54) is 16.0 Å². The lowest BCUT2D eigenvalue weighted by Crippen LogP contribution is -2.41. The van der Waals surface area contributed by atoms with E-state index >= 15 is 0 Å². The molecule has 2 aliphatic rings. The molecule has 1 aromatic carbocycles. The summed E-state index contributed by atoms with van der Waals surface area (Å²) in [6.45, 7) is 3.14. The maximum absolute atomic E-state index is 12.5. The fourth-order valence-corrected chi connectivity index (χ4v) is 4.44. The molecule has 3 heterocycles. The molecule has 0 aliphatic carbocycles. The minimum atomic E-state index is 0.